The molecule has 0 aromatic rings. The Hall–Kier alpha value is -1.34. The maximum atomic E-state index is 11.7. The van der Waals surface area contributed by atoms with E-state index in [1.54, 1.807) is 20.8 Å². The molecule has 0 bridgehead atoms. The van der Waals surface area contributed by atoms with Gasteiger partial charge in [0.05, 0.1) is 13.2 Å². The van der Waals surface area contributed by atoms with Gasteiger partial charge in [0.15, 0.2) is 0 Å². The Kier molecular flexibility index (Phi) is 6.91. The van der Waals surface area contributed by atoms with E-state index >= 15 is 0 Å². The molecule has 7 heteroatoms. The molecule has 1 aliphatic heterocycles. The topological polar surface area (TPSA) is 90.9 Å². The first-order chi connectivity index (χ1) is 9.80. The fourth-order valence-electron chi connectivity index (χ4n) is 2.16. The molecule has 0 unspecified atom stereocenters. The van der Waals surface area contributed by atoms with Gasteiger partial charge in [-0.05, 0) is 18.4 Å². The Morgan fingerprint density at radius 1 is 1.29 bits per heavy atom. The molecule has 3 N–H and O–H groups in total. The first kappa shape index (κ1) is 17.7. The number of carbonyl (C=O) groups excluding carboxylic acids is 1. The number of rotatable bonds is 6. The van der Waals surface area contributed by atoms with E-state index in [1.165, 1.54) is 0 Å². The van der Waals surface area contributed by atoms with Crippen LogP contribution in [0.15, 0.2) is 0 Å². The summed E-state index contributed by atoms with van der Waals surface area (Å²) in [6.45, 7) is 10.2. The van der Waals surface area contributed by atoms with Crippen LogP contribution >= 0.6 is 0 Å². The number of carboxylic acid groups (broad SMARTS) is 1. The number of ether oxygens (including phenoxy) is 1. The van der Waals surface area contributed by atoms with Crippen molar-refractivity contribution in [2.24, 2.45) is 5.41 Å². The lowest BCUT2D eigenvalue weighted by Crippen LogP contribution is -2.52. The summed E-state index contributed by atoms with van der Waals surface area (Å²) in [6.07, 6.45) is 0.834. The number of hydrogen-bond acceptors (Lipinski definition) is 4. The molecule has 1 heterocycles. The number of nitrogens with one attached hydrogen (secondary N) is 2. The molecule has 1 aliphatic rings. The Labute approximate surface area is 126 Å². The summed E-state index contributed by atoms with van der Waals surface area (Å²) >= 11 is 0. The van der Waals surface area contributed by atoms with E-state index in [-0.39, 0.29) is 0 Å². The van der Waals surface area contributed by atoms with Gasteiger partial charge in [-0.15, -0.1) is 0 Å². The molecule has 0 aromatic heterocycles. The highest BCUT2D eigenvalue weighted by atomic mass is 16.5. The van der Waals surface area contributed by atoms with Crippen molar-refractivity contribution >= 4 is 12.0 Å². The number of amides is 2. The van der Waals surface area contributed by atoms with Crippen molar-refractivity contribution in [1.29, 1.82) is 0 Å². The maximum absolute atomic E-state index is 11.7. The van der Waals surface area contributed by atoms with E-state index in [2.05, 4.69) is 15.5 Å². The number of urea groups is 1. The van der Waals surface area contributed by atoms with Gasteiger partial charge in [-0.3, -0.25) is 4.90 Å². The van der Waals surface area contributed by atoms with Crippen molar-refractivity contribution in [2.45, 2.75) is 33.2 Å². The van der Waals surface area contributed by atoms with E-state index in [4.69, 9.17) is 9.84 Å². The summed E-state index contributed by atoms with van der Waals surface area (Å²) in [6, 6.07) is -1.34. The molecular formula is C14H27N3O4. The van der Waals surface area contributed by atoms with Crippen LogP contribution in [-0.2, 0) is 9.53 Å². The third kappa shape index (κ3) is 6.77. The van der Waals surface area contributed by atoms with Gasteiger partial charge in [0.25, 0.3) is 0 Å². The van der Waals surface area contributed by atoms with E-state index in [0.29, 0.717) is 6.54 Å². The van der Waals surface area contributed by atoms with Crippen molar-refractivity contribution in [3.05, 3.63) is 0 Å². The molecule has 0 spiro atoms. The average molecular weight is 301 g/mol. The number of carbonyl (C=O) groups is 2. The predicted octanol–water partition coefficient (Wildman–Crippen LogP) is 0.507. The summed E-state index contributed by atoms with van der Waals surface area (Å²) in [4.78, 5) is 25.2. The zero-order valence-corrected chi connectivity index (χ0v) is 13.1. The molecule has 1 fully saturated rings. The highest BCUT2D eigenvalue weighted by Crippen LogP contribution is 2.19. The van der Waals surface area contributed by atoms with E-state index in [0.717, 1.165) is 39.3 Å². The monoisotopic (exact) mass is 301 g/mol. The fraction of sp³-hybridized carbons (Fsp3) is 0.857. The first-order valence-corrected chi connectivity index (χ1v) is 7.38. The van der Waals surface area contributed by atoms with Crippen LogP contribution in [-0.4, -0.2) is 67.4 Å². The Bertz CT molecular complexity index is 349. The molecule has 1 rings (SSSR count). The summed E-state index contributed by atoms with van der Waals surface area (Å²) in [5.74, 6) is -1.02. The second-order valence-electron chi connectivity index (χ2n) is 6.35. The maximum Gasteiger partial charge on any atom is 0.326 e. The minimum atomic E-state index is -1.02. The van der Waals surface area contributed by atoms with Gasteiger partial charge in [0, 0.05) is 19.6 Å². The number of aliphatic carboxylic acids is 1. The SMILES string of the molecule is CC(C)(C)[C@@H](NC(=O)NCCCN1CCOCC1)C(=O)O. The molecule has 0 radical (unpaired) electrons. The summed E-state index contributed by atoms with van der Waals surface area (Å²) in [7, 11) is 0. The van der Waals surface area contributed by atoms with Gasteiger partial charge in [-0.2, -0.15) is 0 Å². The van der Waals surface area contributed by atoms with Gasteiger partial charge < -0.3 is 20.5 Å². The van der Waals surface area contributed by atoms with Gasteiger partial charge in [0.1, 0.15) is 6.04 Å². The molecular weight excluding hydrogens is 274 g/mol. The van der Waals surface area contributed by atoms with Crippen LogP contribution in [0.2, 0.25) is 0 Å². The van der Waals surface area contributed by atoms with Crippen LogP contribution in [0.1, 0.15) is 27.2 Å². The summed E-state index contributed by atoms with van der Waals surface area (Å²) in [5.41, 5.74) is -0.531. The summed E-state index contributed by atoms with van der Waals surface area (Å²) < 4.78 is 5.27. The first-order valence-electron chi connectivity index (χ1n) is 7.38. The van der Waals surface area contributed by atoms with Crippen molar-refractivity contribution in [1.82, 2.24) is 15.5 Å². The molecule has 21 heavy (non-hydrogen) atoms. The van der Waals surface area contributed by atoms with Gasteiger partial charge in [0.2, 0.25) is 0 Å². The Morgan fingerprint density at radius 2 is 1.90 bits per heavy atom. The lowest BCUT2D eigenvalue weighted by molar-refractivity contribution is -0.141. The molecule has 0 aromatic carbocycles. The fourth-order valence-corrected chi connectivity index (χ4v) is 2.16. The molecule has 0 saturated carbocycles. The minimum Gasteiger partial charge on any atom is -0.480 e. The summed E-state index contributed by atoms with van der Waals surface area (Å²) in [5, 5.41) is 14.4. The van der Waals surface area contributed by atoms with Crippen LogP contribution in [0.3, 0.4) is 0 Å². The van der Waals surface area contributed by atoms with E-state index in [9.17, 15) is 9.59 Å². The van der Waals surface area contributed by atoms with Crippen molar-refractivity contribution < 1.29 is 19.4 Å². The highest BCUT2D eigenvalue weighted by Gasteiger charge is 2.32. The molecule has 0 aliphatic carbocycles. The van der Waals surface area contributed by atoms with Crippen molar-refractivity contribution in [2.75, 3.05) is 39.4 Å². The predicted molar refractivity (Wildman–Crippen MR) is 79.3 cm³/mol. The van der Waals surface area contributed by atoms with Crippen LogP contribution in [0.4, 0.5) is 4.79 Å². The standard InChI is InChI=1S/C14H27N3O4/c1-14(2,3)11(12(18)19)16-13(20)15-5-4-6-17-7-9-21-10-8-17/h11H,4-10H2,1-3H3,(H,18,19)(H2,15,16,20)/t11-/m0/s1. The van der Waals surface area contributed by atoms with Gasteiger partial charge in [-0.1, -0.05) is 20.8 Å². The lowest BCUT2D eigenvalue weighted by Gasteiger charge is -2.28. The third-order valence-corrected chi connectivity index (χ3v) is 3.43. The zero-order valence-electron chi connectivity index (χ0n) is 13.1. The molecule has 7 nitrogen and oxygen atoms in total. The normalized spacial score (nSPS) is 18.0. The van der Waals surface area contributed by atoms with Crippen molar-refractivity contribution in [3.63, 3.8) is 0 Å². The van der Waals surface area contributed by atoms with Crippen LogP contribution in [0, 0.1) is 5.41 Å². The number of nitrogens with zero attached hydrogens (tertiary/aromatic N) is 1. The quantitative estimate of drug-likeness (QED) is 0.622. The Balaban J connectivity index is 2.22. The van der Waals surface area contributed by atoms with E-state index < -0.39 is 23.5 Å². The van der Waals surface area contributed by atoms with Crippen molar-refractivity contribution in [3.8, 4) is 0 Å². The number of hydrogen-bond donors (Lipinski definition) is 3. The van der Waals surface area contributed by atoms with Gasteiger partial charge in [-0.25, -0.2) is 9.59 Å². The van der Waals surface area contributed by atoms with Crippen LogP contribution < -0.4 is 10.6 Å². The van der Waals surface area contributed by atoms with Gasteiger partial charge >= 0.3 is 12.0 Å². The molecule has 2 amide bonds. The minimum absolute atomic E-state index is 0.431. The van der Waals surface area contributed by atoms with Crippen LogP contribution in [0.5, 0.6) is 0 Å². The largest absolute Gasteiger partial charge is 0.480 e. The number of morpholine rings is 1. The zero-order chi connectivity index (χ0) is 15.9. The van der Waals surface area contributed by atoms with E-state index in [1.807, 2.05) is 0 Å². The second kappa shape index (κ2) is 8.19. The smallest absolute Gasteiger partial charge is 0.326 e. The second-order valence-corrected chi connectivity index (χ2v) is 6.35. The van der Waals surface area contributed by atoms with Crippen LogP contribution in [0.25, 0.3) is 0 Å². The third-order valence-electron chi connectivity index (χ3n) is 3.43. The molecule has 1 saturated heterocycles. The Morgan fingerprint density at radius 3 is 2.43 bits per heavy atom. The lowest BCUT2D eigenvalue weighted by atomic mass is 9.87. The average Bonchev–Trinajstić information content (AvgIpc) is 2.40. The molecule has 1 atom stereocenters. The number of carboxylic acids is 1. The highest BCUT2D eigenvalue weighted by molar-refractivity contribution is 5.83. The molecule has 122 valence electrons.